The second-order valence-corrected chi connectivity index (χ2v) is 5.50. The fraction of sp³-hybridized carbons (Fsp3) is 0.769. The van der Waals surface area contributed by atoms with Crippen LogP contribution in [0.3, 0.4) is 0 Å². The Balaban J connectivity index is 4.26. The highest BCUT2D eigenvalue weighted by Crippen LogP contribution is 2.12. The predicted molar refractivity (Wildman–Crippen MR) is 71.1 cm³/mol. The van der Waals surface area contributed by atoms with E-state index in [0.717, 1.165) is 0 Å². The Kier molecular flexibility index (Phi) is 6.64. The van der Waals surface area contributed by atoms with Gasteiger partial charge in [0.15, 0.2) is 0 Å². The Morgan fingerprint density at radius 3 is 2.15 bits per heavy atom. The highest BCUT2D eigenvalue weighted by atomic mass is 16.6. The lowest BCUT2D eigenvalue weighted by atomic mass is 9.97. The zero-order valence-electron chi connectivity index (χ0n) is 12.6. The normalized spacial score (nSPS) is 14.1. The van der Waals surface area contributed by atoms with Gasteiger partial charge in [-0.25, -0.2) is 9.59 Å². The number of carbonyl (C=O) groups excluding carboxylic acids is 3. The monoisotopic (exact) mass is 289 g/mol. The highest BCUT2D eigenvalue weighted by Gasteiger charge is 2.36. The summed E-state index contributed by atoms with van der Waals surface area (Å²) >= 11 is 0. The predicted octanol–water partition coefficient (Wildman–Crippen LogP) is 0.784. The molecule has 0 aromatic heterocycles. The first-order valence-corrected chi connectivity index (χ1v) is 6.40. The summed E-state index contributed by atoms with van der Waals surface area (Å²) < 4.78 is 9.51. The number of aliphatic hydroxyl groups is 1. The van der Waals surface area contributed by atoms with Gasteiger partial charge in [0.25, 0.3) is 5.78 Å². The highest BCUT2D eigenvalue weighted by molar-refractivity contribution is 6.36. The molecule has 0 aliphatic heterocycles. The Morgan fingerprint density at radius 2 is 1.70 bits per heavy atom. The first-order chi connectivity index (χ1) is 8.99. The minimum atomic E-state index is -1.89. The zero-order valence-corrected chi connectivity index (χ0v) is 12.6. The van der Waals surface area contributed by atoms with Gasteiger partial charge in [0, 0.05) is 13.0 Å². The standard InChI is InChI=1S/C13H23NO6/c1-6-19-10(16)9(15)13(5,18)7-8-14-11(17)20-12(2,3)4/h18H,6-8H2,1-5H3,(H,14,17)/t13-/m1/s1. The molecule has 0 bridgehead atoms. The third-order valence-corrected chi connectivity index (χ3v) is 2.23. The molecule has 0 saturated heterocycles. The van der Waals surface area contributed by atoms with Gasteiger partial charge in [0.1, 0.15) is 11.2 Å². The third kappa shape index (κ3) is 7.08. The summed E-state index contributed by atoms with van der Waals surface area (Å²) in [5.41, 5.74) is -2.52. The Morgan fingerprint density at radius 1 is 1.15 bits per heavy atom. The van der Waals surface area contributed by atoms with E-state index in [1.807, 2.05) is 0 Å². The molecule has 0 saturated carbocycles. The van der Waals surface area contributed by atoms with E-state index in [4.69, 9.17) is 4.74 Å². The summed E-state index contributed by atoms with van der Waals surface area (Å²) in [5, 5.41) is 12.3. The van der Waals surface area contributed by atoms with Gasteiger partial charge in [-0.15, -0.1) is 0 Å². The molecule has 1 atom stereocenters. The van der Waals surface area contributed by atoms with Gasteiger partial charge < -0.3 is 19.9 Å². The number of alkyl carbamates (subject to hydrolysis) is 1. The number of amides is 1. The maximum absolute atomic E-state index is 11.6. The molecule has 2 N–H and O–H groups in total. The molecule has 0 aliphatic rings. The molecule has 7 heteroatoms. The molecule has 0 heterocycles. The molecular weight excluding hydrogens is 266 g/mol. The lowest BCUT2D eigenvalue weighted by Gasteiger charge is -2.22. The molecule has 1 amide bonds. The molecule has 116 valence electrons. The number of Topliss-reactive ketones (excluding diaryl/α,β-unsaturated/α-hetero) is 1. The van der Waals surface area contributed by atoms with E-state index in [0.29, 0.717) is 0 Å². The van der Waals surface area contributed by atoms with Crippen molar-refractivity contribution < 1.29 is 29.0 Å². The van der Waals surface area contributed by atoms with Gasteiger partial charge in [-0.3, -0.25) is 4.79 Å². The average molecular weight is 289 g/mol. The van der Waals surface area contributed by atoms with E-state index >= 15 is 0 Å². The molecule has 0 aromatic rings. The number of rotatable bonds is 6. The van der Waals surface area contributed by atoms with E-state index in [9.17, 15) is 19.5 Å². The van der Waals surface area contributed by atoms with Crippen molar-refractivity contribution in [1.82, 2.24) is 5.32 Å². The fourth-order valence-corrected chi connectivity index (χ4v) is 1.25. The molecular formula is C13H23NO6. The fourth-order valence-electron chi connectivity index (χ4n) is 1.25. The average Bonchev–Trinajstić information content (AvgIpc) is 2.25. The minimum absolute atomic E-state index is 0.00689. The lowest BCUT2D eigenvalue weighted by Crippen LogP contribution is -2.44. The van der Waals surface area contributed by atoms with Crippen LogP contribution in [0.1, 0.15) is 41.0 Å². The van der Waals surface area contributed by atoms with E-state index < -0.39 is 29.0 Å². The van der Waals surface area contributed by atoms with Crippen LogP contribution in [0.2, 0.25) is 0 Å². The molecule has 20 heavy (non-hydrogen) atoms. The summed E-state index contributed by atoms with van der Waals surface area (Å²) in [6.07, 6.45) is -0.777. The topological polar surface area (TPSA) is 102 Å². The molecule has 0 unspecified atom stereocenters. The SMILES string of the molecule is CCOC(=O)C(=O)[C@](C)(O)CCNC(=O)OC(C)(C)C. The Hall–Kier alpha value is -1.63. The van der Waals surface area contributed by atoms with Crippen molar-refractivity contribution in [1.29, 1.82) is 0 Å². The largest absolute Gasteiger partial charge is 0.460 e. The smallest absolute Gasteiger partial charge is 0.407 e. The van der Waals surface area contributed by atoms with Gasteiger partial charge in [-0.05, 0) is 34.6 Å². The third-order valence-electron chi connectivity index (χ3n) is 2.23. The van der Waals surface area contributed by atoms with Crippen LogP contribution < -0.4 is 5.32 Å². The van der Waals surface area contributed by atoms with Crippen LogP contribution in [0.25, 0.3) is 0 Å². The number of hydrogen-bond acceptors (Lipinski definition) is 6. The zero-order chi connectivity index (χ0) is 16.0. The van der Waals surface area contributed by atoms with E-state index in [1.54, 1.807) is 27.7 Å². The molecule has 0 radical (unpaired) electrons. The molecule has 0 aliphatic carbocycles. The molecule has 0 fully saturated rings. The van der Waals surface area contributed by atoms with Gasteiger partial charge >= 0.3 is 12.1 Å². The second kappa shape index (κ2) is 7.23. The quantitative estimate of drug-likeness (QED) is 0.553. The summed E-state index contributed by atoms with van der Waals surface area (Å²) in [6.45, 7) is 7.95. The van der Waals surface area contributed by atoms with Crippen LogP contribution in [0.15, 0.2) is 0 Å². The van der Waals surface area contributed by atoms with Gasteiger partial charge in [-0.1, -0.05) is 0 Å². The summed E-state index contributed by atoms with van der Waals surface area (Å²) in [7, 11) is 0. The van der Waals surface area contributed by atoms with E-state index in [-0.39, 0.29) is 19.6 Å². The van der Waals surface area contributed by atoms with E-state index in [2.05, 4.69) is 10.1 Å². The van der Waals surface area contributed by atoms with Crippen LogP contribution in [0.5, 0.6) is 0 Å². The van der Waals surface area contributed by atoms with Crippen molar-refractivity contribution in [2.24, 2.45) is 0 Å². The van der Waals surface area contributed by atoms with Crippen LogP contribution >= 0.6 is 0 Å². The number of nitrogens with one attached hydrogen (secondary N) is 1. The summed E-state index contributed by atoms with van der Waals surface area (Å²) in [5.74, 6) is -2.12. The summed E-state index contributed by atoms with van der Waals surface area (Å²) in [6, 6.07) is 0. The van der Waals surface area contributed by atoms with Crippen LogP contribution in [0.4, 0.5) is 4.79 Å². The molecule has 7 nitrogen and oxygen atoms in total. The number of hydrogen-bond donors (Lipinski definition) is 2. The van der Waals surface area contributed by atoms with Crippen molar-refractivity contribution >= 4 is 17.8 Å². The van der Waals surface area contributed by atoms with Crippen molar-refractivity contribution in [3.63, 3.8) is 0 Å². The minimum Gasteiger partial charge on any atom is -0.460 e. The molecule has 0 rings (SSSR count). The van der Waals surface area contributed by atoms with Crippen molar-refractivity contribution in [3.05, 3.63) is 0 Å². The van der Waals surface area contributed by atoms with Crippen molar-refractivity contribution in [2.45, 2.75) is 52.2 Å². The first-order valence-electron chi connectivity index (χ1n) is 6.40. The number of ether oxygens (including phenoxy) is 2. The lowest BCUT2D eigenvalue weighted by molar-refractivity contribution is -0.161. The van der Waals surface area contributed by atoms with E-state index in [1.165, 1.54) is 6.92 Å². The van der Waals surface area contributed by atoms with Crippen molar-refractivity contribution in [3.8, 4) is 0 Å². The second-order valence-electron chi connectivity index (χ2n) is 5.50. The Labute approximate surface area is 118 Å². The van der Waals surface area contributed by atoms with Gasteiger partial charge in [0.2, 0.25) is 0 Å². The van der Waals surface area contributed by atoms with Gasteiger partial charge in [-0.2, -0.15) is 0 Å². The summed E-state index contributed by atoms with van der Waals surface area (Å²) in [4.78, 5) is 34.2. The maximum Gasteiger partial charge on any atom is 0.407 e. The Bertz CT molecular complexity index is 370. The molecule has 0 aromatic carbocycles. The van der Waals surface area contributed by atoms with Crippen LogP contribution in [-0.4, -0.2) is 47.3 Å². The van der Waals surface area contributed by atoms with Crippen molar-refractivity contribution in [2.75, 3.05) is 13.2 Å². The van der Waals surface area contributed by atoms with Crippen LogP contribution in [0, 0.1) is 0 Å². The first kappa shape index (κ1) is 18.4. The van der Waals surface area contributed by atoms with Gasteiger partial charge in [0.05, 0.1) is 6.61 Å². The molecule has 0 spiro atoms. The van der Waals surface area contributed by atoms with Crippen LogP contribution in [-0.2, 0) is 19.1 Å². The maximum atomic E-state index is 11.6. The number of esters is 1. The number of ketones is 1. The number of carbonyl (C=O) groups is 3.